The lowest BCUT2D eigenvalue weighted by molar-refractivity contribution is 0.0948. The van der Waals surface area contributed by atoms with Gasteiger partial charge in [-0.1, -0.05) is 32.6 Å². The van der Waals surface area contributed by atoms with Crippen molar-refractivity contribution in [1.29, 1.82) is 0 Å². The monoisotopic (exact) mass is 253 g/mol. The van der Waals surface area contributed by atoms with Gasteiger partial charge in [-0.3, -0.25) is 4.79 Å². The zero-order chi connectivity index (χ0) is 13.2. The highest BCUT2D eigenvalue weighted by Gasteiger charge is 2.10. The number of rotatable bonds is 9. The predicted octanol–water partition coefficient (Wildman–Crippen LogP) is 2.09. The topological polar surface area (TPSA) is 67.2 Å². The number of aromatic nitrogens is 1. The van der Waals surface area contributed by atoms with E-state index in [4.69, 9.17) is 4.42 Å². The first-order valence-electron chi connectivity index (χ1n) is 6.65. The molecule has 0 bridgehead atoms. The molecule has 0 saturated carbocycles. The molecule has 0 unspecified atom stereocenters. The normalized spacial score (nSPS) is 10.6. The summed E-state index contributed by atoms with van der Waals surface area (Å²) in [6.07, 6.45) is 7.33. The molecule has 2 N–H and O–H groups in total. The first-order valence-corrected chi connectivity index (χ1v) is 6.65. The largest absolute Gasteiger partial charge is 0.447 e. The highest BCUT2D eigenvalue weighted by atomic mass is 16.3. The van der Waals surface area contributed by atoms with Gasteiger partial charge in [0, 0.05) is 6.54 Å². The molecular weight excluding hydrogens is 230 g/mol. The van der Waals surface area contributed by atoms with E-state index in [0.29, 0.717) is 24.7 Å². The van der Waals surface area contributed by atoms with Crippen molar-refractivity contribution < 1.29 is 9.21 Å². The third kappa shape index (κ3) is 5.31. The zero-order valence-corrected chi connectivity index (χ0v) is 11.3. The summed E-state index contributed by atoms with van der Waals surface area (Å²) in [6, 6.07) is 0. The summed E-state index contributed by atoms with van der Waals surface area (Å²) in [6.45, 7) is 3.43. The molecule has 1 rings (SSSR count). The molecule has 1 heterocycles. The summed E-state index contributed by atoms with van der Waals surface area (Å²) in [5.41, 5.74) is 0.355. The average Bonchev–Trinajstić information content (AvgIpc) is 2.82. The van der Waals surface area contributed by atoms with Crippen LogP contribution in [0.1, 0.15) is 55.4 Å². The van der Waals surface area contributed by atoms with Crippen molar-refractivity contribution in [3.8, 4) is 0 Å². The van der Waals surface area contributed by atoms with Crippen molar-refractivity contribution in [2.75, 3.05) is 13.6 Å². The van der Waals surface area contributed by atoms with Crippen LogP contribution in [0.5, 0.6) is 0 Å². The Balaban J connectivity index is 2.19. The molecule has 0 aliphatic carbocycles. The van der Waals surface area contributed by atoms with Gasteiger partial charge in [-0.15, -0.1) is 0 Å². The van der Waals surface area contributed by atoms with Gasteiger partial charge in [-0.2, -0.15) is 0 Å². The minimum atomic E-state index is -0.156. The van der Waals surface area contributed by atoms with Crippen LogP contribution in [0, 0.1) is 0 Å². The molecule has 102 valence electrons. The van der Waals surface area contributed by atoms with Crippen LogP contribution in [0.25, 0.3) is 0 Å². The van der Waals surface area contributed by atoms with Gasteiger partial charge in [0.05, 0.1) is 6.54 Å². The molecule has 1 amide bonds. The van der Waals surface area contributed by atoms with Crippen molar-refractivity contribution in [3.63, 3.8) is 0 Å². The molecule has 0 aromatic carbocycles. The Morgan fingerprint density at radius 1 is 1.33 bits per heavy atom. The Hall–Kier alpha value is -1.36. The lowest BCUT2D eigenvalue weighted by Gasteiger charge is -2.02. The van der Waals surface area contributed by atoms with E-state index in [1.54, 1.807) is 7.05 Å². The van der Waals surface area contributed by atoms with Crippen LogP contribution in [0.3, 0.4) is 0 Å². The number of carbonyl (C=O) groups excluding carboxylic acids is 1. The number of nitrogens with one attached hydrogen (secondary N) is 2. The molecule has 0 atom stereocenters. The fraction of sp³-hybridized carbons (Fsp3) is 0.692. The Morgan fingerprint density at radius 2 is 2.11 bits per heavy atom. The Kier molecular flexibility index (Phi) is 7.10. The van der Waals surface area contributed by atoms with Crippen LogP contribution in [0.15, 0.2) is 10.7 Å². The first kappa shape index (κ1) is 14.7. The maximum atomic E-state index is 11.7. The second kappa shape index (κ2) is 8.69. The van der Waals surface area contributed by atoms with E-state index in [1.807, 2.05) is 0 Å². The molecule has 1 aromatic heterocycles. The van der Waals surface area contributed by atoms with E-state index >= 15 is 0 Å². The van der Waals surface area contributed by atoms with Crippen molar-refractivity contribution in [2.24, 2.45) is 0 Å². The lowest BCUT2D eigenvalue weighted by Crippen LogP contribution is -2.24. The van der Waals surface area contributed by atoms with Crippen molar-refractivity contribution in [3.05, 3.63) is 17.8 Å². The molecule has 0 fully saturated rings. The highest BCUT2D eigenvalue weighted by Crippen LogP contribution is 2.03. The van der Waals surface area contributed by atoms with Crippen LogP contribution < -0.4 is 10.6 Å². The van der Waals surface area contributed by atoms with Crippen molar-refractivity contribution in [2.45, 2.75) is 45.6 Å². The standard InChI is InChI=1S/C13H23N3O2/c1-3-4-5-6-7-8-15-13(17)11-10-18-12(16-11)9-14-2/h10,14H,3-9H2,1-2H3,(H,15,17). The minimum absolute atomic E-state index is 0.156. The average molecular weight is 253 g/mol. The second-order valence-electron chi connectivity index (χ2n) is 4.33. The van der Waals surface area contributed by atoms with Crippen LogP contribution >= 0.6 is 0 Å². The molecule has 1 aromatic rings. The van der Waals surface area contributed by atoms with Gasteiger partial charge in [0.2, 0.25) is 5.89 Å². The number of amides is 1. The van der Waals surface area contributed by atoms with Crippen LogP contribution in [0.2, 0.25) is 0 Å². The minimum Gasteiger partial charge on any atom is -0.447 e. The summed E-state index contributed by atoms with van der Waals surface area (Å²) >= 11 is 0. The van der Waals surface area contributed by atoms with Crippen molar-refractivity contribution in [1.82, 2.24) is 15.6 Å². The van der Waals surface area contributed by atoms with Crippen LogP contribution in [-0.4, -0.2) is 24.5 Å². The first-order chi connectivity index (χ1) is 8.77. The maximum absolute atomic E-state index is 11.7. The molecule has 5 nitrogen and oxygen atoms in total. The van der Waals surface area contributed by atoms with Gasteiger partial charge >= 0.3 is 0 Å². The third-order valence-electron chi connectivity index (χ3n) is 2.68. The number of nitrogens with zero attached hydrogens (tertiary/aromatic N) is 1. The molecule has 0 saturated heterocycles. The van der Waals surface area contributed by atoms with E-state index < -0.39 is 0 Å². The second-order valence-corrected chi connectivity index (χ2v) is 4.33. The van der Waals surface area contributed by atoms with E-state index in [2.05, 4.69) is 22.5 Å². The van der Waals surface area contributed by atoms with Crippen molar-refractivity contribution >= 4 is 5.91 Å². The van der Waals surface area contributed by atoms with Gasteiger partial charge in [0.25, 0.3) is 5.91 Å². The van der Waals surface area contributed by atoms with Gasteiger partial charge in [-0.05, 0) is 13.5 Å². The Morgan fingerprint density at radius 3 is 2.83 bits per heavy atom. The fourth-order valence-electron chi connectivity index (χ4n) is 1.67. The molecule has 0 spiro atoms. The lowest BCUT2D eigenvalue weighted by atomic mass is 10.1. The van der Waals surface area contributed by atoms with E-state index in [0.717, 1.165) is 12.8 Å². The highest BCUT2D eigenvalue weighted by molar-refractivity contribution is 5.91. The quantitative estimate of drug-likeness (QED) is 0.661. The third-order valence-corrected chi connectivity index (χ3v) is 2.68. The van der Waals surface area contributed by atoms with Gasteiger partial charge < -0.3 is 15.1 Å². The predicted molar refractivity (Wildman–Crippen MR) is 70.4 cm³/mol. The fourth-order valence-corrected chi connectivity index (χ4v) is 1.67. The number of hydrogen-bond donors (Lipinski definition) is 2. The van der Waals surface area contributed by atoms with Crippen LogP contribution in [-0.2, 0) is 6.54 Å². The summed E-state index contributed by atoms with van der Waals surface area (Å²) in [5, 5.41) is 5.77. The van der Waals surface area contributed by atoms with E-state index in [1.165, 1.54) is 25.5 Å². The van der Waals surface area contributed by atoms with Gasteiger partial charge in [0.1, 0.15) is 6.26 Å². The number of hydrogen-bond acceptors (Lipinski definition) is 4. The SMILES string of the molecule is CCCCCCCNC(=O)c1coc(CNC)n1. The summed E-state index contributed by atoms with van der Waals surface area (Å²) < 4.78 is 5.15. The molecule has 0 aliphatic rings. The van der Waals surface area contributed by atoms with E-state index in [-0.39, 0.29) is 5.91 Å². The summed E-state index contributed by atoms with van der Waals surface area (Å²) in [4.78, 5) is 15.8. The molecule has 18 heavy (non-hydrogen) atoms. The Bertz CT molecular complexity index is 350. The number of unbranched alkanes of at least 4 members (excludes halogenated alkanes) is 4. The van der Waals surface area contributed by atoms with E-state index in [9.17, 15) is 4.79 Å². The zero-order valence-electron chi connectivity index (χ0n) is 11.3. The summed E-state index contributed by atoms with van der Waals surface area (Å²) in [7, 11) is 1.81. The van der Waals surface area contributed by atoms with Gasteiger partial charge in [0.15, 0.2) is 5.69 Å². The molecular formula is C13H23N3O2. The number of oxazole rings is 1. The van der Waals surface area contributed by atoms with Gasteiger partial charge in [-0.25, -0.2) is 4.98 Å². The molecule has 0 aliphatic heterocycles. The smallest absolute Gasteiger partial charge is 0.273 e. The maximum Gasteiger partial charge on any atom is 0.273 e. The van der Waals surface area contributed by atoms with Crippen LogP contribution in [0.4, 0.5) is 0 Å². The Labute approximate surface area is 108 Å². The summed E-state index contributed by atoms with van der Waals surface area (Å²) in [5.74, 6) is 0.377. The molecule has 0 radical (unpaired) electrons. The molecule has 5 heteroatoms. The number of carbonyl (C=O) groups is 1.